The van der Waals surface area contributed by atoms with Gasteiger partial charge in [-0.2, -0.15) is 0 Å². The third-order valence-corrected chi connectivity index (χ3v) is 5.60. The molecule has 24 heavy (non-hydrogen) atoms. The maximum atomic E-state index is 10.8. The van der Waals surface area contributed by atoms with Crippen LogP contribution in [0, 0.1) is 6.92 Å². The zero-order chi connectivity index (χ0) is 16.8. The van der Waals surface area contributed by atoms with Gasteiger partial charge in [0.15, 0.2) is 0 Å². The lowest BCUT2D eigenvalue weighted by Crippen LogP contribution is -2.27. The number of rotatable bonds is 1. The molecule has 0 atom stereocenters. The van der Waals surface area contributed by atoms with Crippen LogP contribution in [0.1, 0.15) is 29.5 Å². The Bertz CT molecular complexity index is 729. The Balaban J connectivity index is 2.05. The molecule has 3 nitrogen and oxygen atoms in total. The number of aromatic hydroxyl groups is 1. The maximum absolute atomic E-state index is 10.8. The summed E-state index contributed by atoms with van der Waals surface area (Å²) in [5.74, 6) is 0.401. The number of hydrogen-bond donors (Lipinski definition) is 1. The molecule has 0 radical (unpaired) electrons. The van der Waals surface area contributed by atoms with Gasteiger partial charge in [0, 0.05) is 44.0 Å². The second-order valence-electron chi connectivity index (χ2n) is 7.28. The van der Waals surface area contributed by atoms with Gasteiger partial charge in [0.25, 0.3) is 0 Å². The molecule has 0 aromatic heterocycles. The van der Waals surface area contributed by atoms with Gasteiger partial charge in [-0.05, 0) is 55.4 Å². The van der Waals surface area contributed by atoms with Gasteiger partial charge in [-0.15, -0.1) is 0 Å². The number of benzene rings is 2. The largest absolute Gasteiger partial charge is 0.507 e. The highest BCUT2D eigenvalue weighted by Gasteiger charge is 2.27. The van der Waals surface area contributed by atoms with Gasteiger partial charge in [0.2, 0.25) is 0 Å². The molecule has 2 aliphatic heterocycles. The van der Waals surface area contributed by atoms with Crippen molar-refractivity contribution in [3.63, 3.8) is 0 Å². The molecular formula is C21H26N2O. The van der Waals surface area contributed by atoms with Crippen molar-refractivity contribution in [3.8, 4) is 16.9 Å². The lowest BCUT2D eigenvalue weighted by molar-refractivity contribution is 0.476. The first kappa shape index (κ1) is 15.4. The fourth-order valence-electron chi connectivity index (χ4n) is 4.43. The van der Waals surface area contributed by atoms with E-state index in [-0.39, 0.29) is 0 Å². The van der Waals surface area contributed by atoms with E-state index >= 15 is 0 Å². The van der Waals surface area contributed by atoms with E-state index in [1.54, 1.807) is 0 Å². The van der Waals surface area contributed by atoms with Crippen molar-refractivity contribution in [3.05, 3.63) is 41.0 Å². The van der Waals surface area contributed by atoms with Gasteiger partial charge in [-0.1, -0.05) is 18.2 Å². The summed E-state index contributed by atoms with van der Waals surface area (Å²) in [4.78, 5) is 4.68. The molecule has 0 unspecified atom stereocenters. The first-order chi connectivity index (χ1) is 11.6. The Kier molecular flexibility index (Phi) is 3.67. The Labute approximate surface area is 144 Å². The molecule has 0 saturated carbocycles. The summed E-state index contributed by atoms with van der Waals surface area (Å²) in [6.45, 7) is 4.29. The first-order valence-electron chi connectivity index (χ1n) is 8.98. The molecule has 0 aliphatic carbocycles. The number of phenolic OH excluding ortho intramolecular Hbond substituents is 1. The molecule has 0 fully saturated rings. The number of nitrogens with zero attached hydrogens (tertiary/aromatic N) is 2. The van der Waals surface area contributed by atoms with E-state index in [2.05, 4.69) is 49.0 Å². The summed E-state index contributed by atoms with van der Waals surface area (Å²) in [6, 6.07) is 8.46. The highest BCUT2D eigenvalue weighted by Crippen LogP contribution is 2.48. The summed E-state index contributed by atoms with van der Waals surface area (Å²) in [5.41, 5.74) is 8.77. The van der Waals surface area contributed by atoms with Crippen molar-refractivity contribution in [2.75, 3.05) is 37.0 Å². The minimum absolute atomic E-state index is 0.401. The molecular weight excluding hydrogens is 296 g/mol. The van der Waals surface area contributed by atoms with E-state index in [1.165, 1.54) is 46.5 Å². The fourth-order valence-corrected chi connectivity index (χ4v) is 4.43. The third-order valence-electron chi connectivity index (χ3n) is 5.60. The van der Waals surface area contributed by atoms with E-state index in [9.17, 15) is 5.11 Å². The van der Waals surface area contributed by atoms with Crippen molar-refractivity contribution in [2.45, 2.75) is 32.6 Å². The molecule has 126 valence electrons. The normalized spacial score (nSPS) is 16.8. The SMILES string of the molecule is Cc1ccc2c(c1-c1c(O)ccc3c1N(C)CCC3)N(C)CCC2. The van der Waals surface area contributed by atoms with E-state index in [1.807, 2.05) is 6.07 Å². The van der Waals surface area contributed by atoms with Gasteiger partial charge < -0.3 is 14.9 Å². The van der Waals surface area contributed by atoms with Crippen LogP contribution in [-0.2, 0) is 12.8 Å². The molecule has 2 aromatic carbocycles. The third kappa shape index (κ3) is 2.26. The van der Waals surface area contributed by atoms with E-state index in [0.717, 1.165) is 31.5 Å². The summed E-state index contributed by atoms with van der Waals surface area (Å²) >= 11 is 0. The molecule has 0 bridgehead atoms. The number of anilines is 2. The van der Waals surface area contributed by atoms with Crippen LogP contribution in [0.3, 0.4) is 0 Å². The van der Waals surface area contributed by atoms with Gasteiger partial charge in [-0.3, -0.25) is 0 Å². The number of fused-ring (bicyclic) bond motifs is 2. The molecule has 2 heterocycles. The van der Waals surface area contributed by atoms with Crippen LogP contribution >= 0.6 is 0 Å². The van der Waals surface area contributed by atoms with E-state index < -0.39 is 0 Å². The minimum Gasteiger partial charge on any atom is -0.507 e. The molecule has 0 amide bonds. The Morgan fingerprint density at radius 1 is 0.792 bits per heavy atom. The van der Waals surface area contributed by atoms with Crippen LogP contribution in [0.2, 0.25) is 0 Å². The monoisotopic (exact) mass is 322 g/mol. The first-order valence-corrected chi connectivity index (χ1v) is 8.98. The van der Waals surface area contributed by atoms with E-state index in [4.69, 9.17) is 0 Å². The van der Waals surface area contributed by atoms with Gasteiger partial charge in [0.05, 0.1) is 5.69 Å². The minimum atomic E-state index is 0.401. The predicted molar refractivity (Wildman–Crippen MR) is 101 cm³/mol. The average Bonchev–Trinajstić information content (AvgIpc) is 2.57. The topological polar surface area (TPSA) is 26.7 Å². The van der Waals surface area contributed by atoms with Crippen LogP contribution < -0.4 is 9.80 Å². The van der Waals surface area contributed by atoms with Gasteiger partial charge in [-0.25, -0.2) is 0 Å². The van der Waals surface area contributed by atoms with Crippen LogP contribution in [0.25, 0.3) is 11.1 Å². The van der Waals surface area contributed by atoms with E-state index in [0.29, 0.717) is 5.75 Å². The molecule has 2 aromatic rings. The number of phenols is 1. The standard InChI is InChI=1S/C21H26N2O/c1-14-8-9-15-6-4-12-22(2)20(15)18(14)19-17(24)11-10-16-7-5-13-23(3)21(16)19/h8-11,24H,4-7,12-13H2,1-3H3. The van der Waals surface area contributed by atoms with Crippen molar-refractivity contribution < 1.29 is 5.11 Å². The Morgan fingerprint density at radius 2 is 1.33 bits per heavy atom. The van der Waals surface area contributed by atoms with Crippen LogP contribution in [-0.4, -0.2) is 32.3 Å². The number of hydrogen-bond acceptors (Lipinski definition) is 3. The summed E-state index contributed by atoms with van der Waals surface area (Å²) in [5, 5.41) is 10.8. The zero-order valence-corrected chi connectivity index (χ0v) is 14.9. The van der Waals surface area contributed by atoms with Crippen LogP contribution in [0.4, 0.5) is 11.4 Å². The molecule has 0 saturated heterocycles. The lowest BCUT2D eigenvalue weighted by atomic mass is 9.87. The second-order valence-corrected chi connectivity index (χ2v) is 7.28. The summed E-state index contributed by atoms with van der Waals surface area (Å²) in [6.07, 6.45) is 4.60. The average molecular weight is 322 g/mol. The molecule has 2 aliphatic rings. The van der Waals surface area contributed by atoms with Crippen LogP contribution in [0.15, 0.2) is 24.3 Å². The molecule has 4 rings (SSSR count). The maximum Gasteiger partial charge on any atom is 0.125 e. The molecule has 0 spiro atoms. The van der Waals surface area contributed by atoms with Crippen molar-refractivity contribution in [1.82, 2.24) is 0 Å². The Morgan fingerprint density at radius 3 is 1.96 bits per heavy atom. The predicted octanol–water partition coefficient (Wildman–Crippen LogP) is 4.13. The lowest BCUT2D eigenvalue weighted by Gasteiger charge is -2.35. The highest BCUT2D eigenvalue weighted by atomic mass is 16.3. The molecule has 3 heteroatoms. The Hall–Kier alpha value is -2.16. The van der Waals surface area contributed by atoms with Gasteiger partial charge in [0.1, 0.15) is 5.75 Å². The quantitative estimate of drug-likeness (QED) is 0.855. The second kappa shape index (κ2) is 5.73. The van der Waals surface area contributed by atoms with Crippen molar-refractivity contribution in [2.24, 2.45) is 0 Å². The highest BCUT2D eigenvalue weighted by molar-refractivity contribution is 5.95. The summed E-state index contributed by atoms with van der Waals surface area (Å²) in [7, 11) is 4.33. The van der Waals surface area contributed by atoms with Crippen molar-refractivity contribution >= 4 is 11.4 Å². The summed E-state index contributed by atoms with van der Waals surface area (Å²) < 4.78 is 0. The molecule has 1 N–H and O–H groups in total. The van der Waals surface area contributed by atoms with Gasteiger partial charge >= 0.3 is 0 Å². The smallest absolute Gasteiger partial charge is 0.125 e. The van der Waals surface area contributed by atoms with Crippen molar-refractivity contribution in [1.29, 1.82) is 0 Å². The fraction of sp³-hybridized carbons (Fsp3) is 0.429. The van der Waals surface area contributed by atoms with Crippen LogP contribution in [0.5, 0.6) is 5.75 Å². The number of aryl methyl sites for hydroxylation is 3. The zero-order valence-electron chi connectivity index (χ0n) is 14.9.